The third kappa shape index (κ3) is 6.71. The summed E-state index contributed by atoms with van der Waals surface area (Å²) in [5.74, 6) is 0.692. The lowest BCUT2D eigenvalue weighted by molar-refractivity contribution is -0.128. The molecule has 8 heteroatoms. The normalized spacial score (nSPS) is 10.9. The molecule has 0 bridgehead atoms. The zero-order valence-corrected chi connectivity index (χ0v) is 19.8. The van der Waals surface area contributed by atoms with Gasteiger partial charge in [0.15, 0.2) is 0 Å². The fourth-order valence-electron chi connectivity index (χ4n) is 2.99. The van der Waals surface area contributed by atoms with Crippen molar-refractivity contribution in [3.63, 3.8) is 0 Å². The Hall–Kier alpha value is -3.58. The van der Waals surface area contributed by atoms with E-state index in [1.54, 1.807) is 50.2 Å². The number of carbonyl (C=O) groups is 2. The Labute approximate surface area is 203 Å². The maximum Gasteiger partial charge on any atom is 0.326 e. The highest BCUT2D eigenvalue weighted by Gasteiger charge is 2.26. The van der Waals surface area contributed by atoms with Crippen molar-refractivity contribution in [3.05, 3.63) is 84.7 Å². The second-order valence-electron chi connectivity index (χ2n) is 8.24. The molecule has 6 nitrogen and oxygen atoms in total. The standard InChI is InChI=1S/C26H27ClFN3O3/c1-26(2,18-27)24(32)29-16-17-31(25(33)30-23-11-7-6-10-22(23)28)19-12-14-21(15-13-19)34-20-8-4-3-5-9-20/h3-15H,16-18H2,1-2H3,(H,29,32)(H,30,33). The van der Waals surface area contributed by atoms with Gasteiger partial charge in [-0.1, -0.05) is 30.3 Å². The van der Waals surface area contributed by atoms with Crippen LogP contribution in [0.1, 0.15) is 13.8 Å². The molecule has 3 amide bonds. The molecule has 178 valence electrons. The van der Waals surface area contributed by atoms with Gasteiger partial charge >= 0.3 is 6.03 Å². The van der Waals surface area contributed by atoms with Crippen LogP contribution in [-0.4, -0.2) is 30.9 Å². The third-order valence-corrected chi connectivity index (χ3v) is 5.73. The van der Waals surface area contributed by atoms with Crippen molar-refractivity contribution in [1.82, 2.24) is 5.32 Å². The van der Waals surface area contributed by atoms with E-state index in [-0.39, 0.29) is 30.6 Å². The zero-order chi connectivity index (χ0) is 24.6. The fourth-order valence-corrected chi connectivity index (χ4v) is 3.11. The molecule has 0 unspecified atom stereocenters. The van der Waals surface area contributed by atoms with Crippen molar-refractivity contribution in [1.29, 1.82) is 0 Å². The molecule has 0 aliphatic rings. The Morgan fingerprint density at radius 1 is 0.941 bits per heavy atom. The van der Waals surface area contributed by atoms with Crippen molar-refractivity contribution in [2.45, 2.75) is 13.8 Å². The first kappa shape index (κ1) is 25.1. The molecule has 0 atom stereocenters. The zero-order valence-electron chi connectivity index (χ0n) is 19.1. The third-order valence-electron chi connectivity index (χ3n) is 5.06. The summed E-state index contributed by atoms with van der Waals surface area (Å²) in [5.41, 5.74) is -0.118. The summed E-state index contributed by atoms with van der Waals surface area (Å²) < 4.78 is 19.9. The molecular weight excluding hydrogens is 457 g/mol. The topological polar surface area (TPSA) is 70.7 Å². The number of rotatable bonds is 9. The second-order valence-corrected chi connectivity index (χ2v) is 8.51. The number of hydrogen-bond donors (Lipinski definition) is 2. The van der Waals surface area contributed by atoms with Gasteiger partial charge in [-0.15, -0.1) is 11.6 Å². The van der Waals surface area contributed by atoms with Gasteiger partial charge in [-0.3, -0.25) is 9.69 Å². The maximum atomic E-state index is 14.1. The fraction of sp³-hybridized carbons (Fsp3) is 0.231. The van der Waals surface area contributed by atoms with Crippen LogP contribution in [0.4, 0.5) is 20.6 Å². The minimum absolute atomic E-state index is 0.0637. The number of amides is 3. The van der Waals surface area contributed by atoms with Crippen LogP contribution in [0.3, 0.4) is 0 Å². The van der Waals surface area contributed by atoms with Gasteiger partial charge in [0.2, 0.25) is 5.91 Å². The predicted molar refractivity (Wildman–Crippen MR) is 133 cm³/mol. The molecule has 0 radical (unpaired) electrons. The van der Waals surface area contributed by atoms with Gasteiger partial charge in [0, 0.05) is 24.7 Å². The summed E-state index contributed by atoms with van der Waals surface area (Å²) in [7, 11) is 0. The number of urea groups is 1. The highest BCUT2D eigenvalue weighted by molar-refractivity contribution is 6.19. The summed E-state index contributed by atoms with van der Waals surface area (Å²) in [4.78, 5) is 26.8. The second kappa shape index (κ2) is 11.5. The number of nitrogens with zero attached hydrogens (tertiary/aromatic N) is 1. The number of carbonyl (C=O) groups excluding carboxylic acids is 2. The number of para-hydroxylation sites is 2. The van der Waals surface area contributed by atoms with Crippen LogP contribution in [0.2, 0.25) is 0 Å². The van der Waals surface area contributed by atoms with Gasteiger partial charge in [0.1, 0.15) is 17.3 Å². The highest BCUT2D eigenvalue weighted by atomic mass is 35.5. The average Bonchev–Trinajstić information content (AvgIpc) is 2.84. The number of halogens is 2. The lowest BCUT2D eigenvalue weighted by Crippen LogP contribution is -2.44. The van der Waals surface area contributed by atoms with Gasteiger partial charge < -0.3 is 15.4 Å². The smallest absolute Gasteiger partial charge is 0.326 e. The molecule has 0 spiro atoms. The molecule has 34 heavy (non-hydrogen) atoms. The van der Waals surface area contributed by atoms with Crippen LogP contribution in [0.25, 0.3) is 0 Å². The summed E-state index contributed by atoms with van der Waals surface area (Å²) in [6, 6.07) is 21.6. The number of nitrogens with one attached hydrogen (secondary N) is 2. The van der Waals surface area contributed by atoms with E-state index < -0.39 is 17.3 Å². The van der Waals surface area contributed by atoms with Gasteiger partial charge in [0.05, 0.1) is 11.1 Å². The van der Waals surface area contributed by atoms with Crippen LogP contribution in [0.5, 0.6) is 11.5 Å². The molecule has 0 fully saturated rings. The van der Waals surface area contributed by atoms with Gasteiger partial charge in [-0.25, -0.2) is 9.18 Å². The lowest BCUT2D eigenvalue weighted by Gasteiger charge is -2.25. The highest BCUT2D eigenvalue weighted by Crippen LogP contribution is 2.25. The predicted octanol–water partition coefficient (Wildman–Crippen LogP) is 6.04. The molecule has 0 aromatic heterocycles. The van der Waals surface area contributed by atoms with E-state index in [1.807, 2.05) is 30.3 Å². The minimum atomic E-state index is -0.738. The van der Waals surface area contributed by atoms with Crippen LogP contribution in [-0.2, 0) is 4.79 Å². The SMILES string of the molecule is CC(C)(CCl)C(=O)NCCN(C(=O)Nc1ccccc1F)c1ccc(Oc2ccccc2)cc1. The largest absolute Gasteiger partial charge is 0.457 e. The Kier molecular flexibility index (Phi) is 8.49. The van der Waals surface area contributed by atoms with Crippen LogP contribution >= 0.6 is 11.6 Å². The van der Waals surface area contributed by atoms with Crippen molar-refractivity contribution < 1.29 is 18.7 Å². The summed E-state index contributed by atoms with van der Waals surface area (Å²) in [6.07, 6.45) is 0. The number of benzene rings is 3. The van der Waals surface area contributed by atoms with Gasteiger partial charge in [-0.05, 0) is 62.4 Å². The molecule has 0 aliphatic heterocycles. The lowest BCUT2D eigenvalue weighted by atomic mass is 9.95. The number of hydrogen-bond acceptors (Lipinski definition) is 3. The van der Waals surface area contributed by atoms with Crippen LogP contribution < -0.4 is 20.3 Å². The van der Waals surface area contributed by atoms with Crippen molar-refractivity contribution in [2.24, 2.45) is 5.41 Å². The first-order valence-electron chi connectivity index (χ1n) is 10.8. The molecule has 0 aliphatic carbocycles. The van der Waals surface area contributed by atoms with Crippen LogP contribution in [0, 0.1) is 11.2 Å². The first-order valence-corrected chi connectivity index (χ1v) is 11.3. The number of ether oxygens (including phenoxy) is 1. The van der Waals surface area contributed by atoms with E-state index in [0.29, 0.717) is 17.2 Å². The monoisotopic (exact) mass is 483 g/mol. The molecule has 3 aromatic carbocycles. The van der Waals surface area contributed by atoms with E-state index in [1.165, 1.54) is 17.0 Å². The Morgan fingerprint density at radius 3 is 2.21 bits per heavy atom. The molecule has 0 heterocycles. The molecule has 0 saturated heterocycles. The quantitative estimate of drug-likeness (QED) is 0.364. The number of anilines is 2. The summed E-state index contributed by atoms with van der Waals surface area (Å²) >= 11 is 5.87. The average molecular weight is 484 g/mol. The van der Waals surface area contributed by atoms with E-state index in [4.69, 9.17) is 16.3 Å². The minimum Gasteiger partial charge on any atom is -0.457 e. The Balaban J connectivity index is 1.75. The Morgan fingerprint density at radius 2 is 1.56 bits per heavy atom. The number of alkyl halides is 1. The summed E-state index contributed by atoms with van der Waals surface area (Å²) in [6.45, 7) is 3.82. The molecular formula is C26H27ClFN3O3. The molecule has 3 aromatic rings. The van der Waals surface area contributed by atoms with Crippen LogP contribution in [0.15, 0.2) is 78.9 Å². The van der Waals surface area contributed by atoms with Crippen molar-refractivity contribution in [2.75, 3.05) is 29.2 Å². The first-order chi connectivity index (χ1) is 16.3. The Bertz CT molecular complexity index is 1110. The van der Waals surface area contributed by atoms with Crippen molar-refractivity contribution in [3.8, 4) is 11.5 Å². The summed E-state index contributed by atoms with van der Waals surface area (Å²) in [5, 5.41) is 5.39. The molecule has 3 rings (SSSR count). The molecule has 2 N–H and O–H groups in total. The molecule has 0 saturated carbocycles. The van der Waals surface area contributed by atoms with E-state index in [0.717, 1.165) is 0 Å². The maximum absolute atomic E-state index is 14.1. The van der Waals surface area contributed by atoms with E-state index in [2.05, 4.69) is 10.6 Å². The van der Waals surface area contributed by atoms with Gasteiger partial charge in [-0.2, -0.15) is 0 Å². The van der Waals surface area contributed by atoms with Gasteiger partial charge in [0.25, 0.3) is 0 Å². The van der Waals surface area contributed by atoms with E-state index >= 15 is 0 Å². The van der Waals surface area contributed by atoms with E-state index in [9.17, 15) is 14.0 Å². The van der Waals surface area contributed by atoms with Crippen molar-refractivity contribution >= 4 is 34.9 Å².